The first-order valence-electron chi connectivity index (χ1n) is 12.7. The Labute approximate surface area is 223 Å². The van der Waals surface area contributed by atoms with Gasteiger partial charge >= 0.3 is 0 Å². The van der Waals surface area contributed by atoms with Gasteiger partial charge in [-0.25, -0.2) is 9.78 Å². The number of nitrogens with zero attached hydrogens (tertiary/aromatic N) is 1. The second kappa shape index (κ2) is 10.6. The van der Waals surface area contributed by atoms with Crippen molar-refractivity contribution in [3.63, 3.8) is 0 Å². The summed E-state index contributed by atoms with van der Waals surface area (Å²) in [6, 6.07) is 3.18. The minimum atomic E-state index is -1.78. The zero-order valence-electron chi connectivity index (χ0n) is 21.8. The molecule has 0 saturated carbocycles. The number of aryl methyl sites for hydroxylation is 1. The van der Waals surface area contributed by atoms with Gasteiger partial charge in [-0.1, -0.05) is 0 Å². The van der Waals surface area contributed by atoms with Crippen LogP contribution >= 0.6 is 0 Å². The number of benzene rings is 1. The Balaban J connectivity index is 1.42. The van der Waals surface area contributed by atoms with Gasteiger partial charge in [0, 0.05) is 29.8 Å². The number of allylic oxidation sites excluding steroid dienone is 1. The highest BCUT2D eigenvalue weighted by Gasteiger charge is 2.44. The fourth-order valence-electron chi connectivity index (χ4n) is 5.02. The SMILES string of the molecule is Cc1cc(=O)c2cc3c(c([NH+]4C=C5N=CC=C5C4)c2o1)OC(C)(C)[C@H](OOC[C@H](O)[C@@H](O)[C@H](O)[C@H](O)CO)C3. The van der Waals surface area contributed by atoms with Crippen LogP contribution in [0.5, 0.6) is 5.75 Å². The summed E-state index contributed by atoms with van der Waals surface area (Å²) in [5, 5.41) is 48.8. The molecule has 0 amide bonds. The number of fused-ring (bicyclic) bond motifs is 3. The zero-order chi connectivity index (χ0) is 28.1. The van der Waals surface area contributed by atoms with Crippen LogP contribution in [0.15, 0.2) is 49.9 Å². The van der Waals surface area contributed by atoms with E-state index in [4.69, 9.17) is 24.0 Å². The molecule has 1 unspecified atom stereocenters. The predicted molar refractivity (Wildman–Crippen MR) is 138 cm³/mol. The minimum Gasteiger partial charge on any atom is -0.478 e. The van der Waals surface area contributed by atoms with E-state index < -0.39 is 49.3 Å². The first-order chi connectivity index (χ1) is 18.5. The molecular formula is C27H33N2O10+. The lowest BCUT2D eigenvalue weighted by molar-refractivity contribution is -0.763. The summed E-state index contributed by atoms with van der Waals surface area (Å²) in [7, 11) is 0. The lowest BCUT2D eigenvalue weighted by Crippen LogP contribution is -3.01. The Morgan fingerprint density at radius 2 is 1.92 bits per heavy atom. The van der Waals surface area contributed by atoms with Crippen molar-refractivity contribution in [1.82, 2.24) is 0 Å². The number of aliphatic hydroxyl groups is 5. The summed E-state index contributed by atoms with van der Waals surface area (Å²) in [4.78, 5) is 29.1. The second-order valence-electron chi connectivity index (χ2n) is 10.6. The number of nitrogens with one attached hydrogen (secondary N) is 1. The van der Waals surface area contributed by atoms with Gasteiger partial charge in [0.15, 0.2) is 11.2 Å². The average Bonchev–Trinajstić information content (AvgIpc) is 3.49. The average molecular weight is 546 g/mol. The summed E-state index contributed by atoms with van der Waals surface area (Å²) in [6.07, 6.45) is -1.47. The molecule has 3 aliphatic heterocycles. The van der Waals surface area contributed by atoms with Crippen molar-refractivity contribution in [2.24, 2.45) is 4.99 Å². The van der Waals surface area contributed by atoms with Gasteiger partial charge in [-0.2, -0.15) is 0 Å². The van der Waals surface area contributed by atoms with E-state index in [2.05, 4.69) is 4.99 Å². The van der Waals surface area contributed by atoms with Gasteiger partial charge in [0.2, 0.25) is 11.3 Å². The van der Waals surface area contributed by atoms with Crippen LogP contribution in [-0.4, -0.2) is 87.6 Å². The summed E-state index contributed by atoms with van der Waals surface area (Å²) in [5.74, 6) is 1.06. The van der Waals surface area contributed by atoms with E-state index in [9.17, 15) is 25.2 Å². The Morgan fingerprint density at radius 1 is 1.18 bits per heavy atom. The van der Waals surface area contributed by atoms with Crippen molar-refractivity contribution in [1.29, 1.82) is 0 Å². The Hall–Kier alpha value is -2.94. The third-order valence-corrected chi connectivity index (χ3v) is 7.30. The molecule has 0 radical (unpaired) electrons. The van der Waals surface area contributed by atoms with Gasteiger partial charge in [0.05, 0.1) is 12.0 Å². The minimum absolute atomic E-state index is 0.180. The predicted octanol–water partition coefficient (Wildman–Crippen LogP) is -1.05. The smallest absolute Gasteiger partial charge is 0.222 e. The topological polar surface area (TPSA) is 176 Å². The van der Waals surface area contributed by atoms with Gasteiger partial charge in [-0.05, 0) is 32.9 Å². The van der Waals surface area contributed by atoms with E-state index in [1.54, 1.807) is 19.2 Å². The van der Waals surface area contributed by atoms with Crippen molar-refractivity contribution in [2.45, 2.75) is 63.3 Å². The quantitative estimate of drug-likeness (QED) is 0.168. The molecule has 3 aliphatic rings. The van der Waals surface area contributed by atoms with Crippen molar-refractivity contribution in [3.8, 4) is 5.75 Å². The van der Waals surface area contributed by atoms with E-state index in [1.807, 2.05) is 26.1 Å². The van der Waals surface area contributed by atoms with Gasteiger partial charge in [0.25, 0.3) is 0 Å². The molecule has 0 spiro atoms. The number of ether oxygens (including phenoxy) is 1. The van der Waals surface area contributed by atoms with Gasteiger partial charge in [0.1, 0.15) is 66.9 Å². The molecule has 210 valence electrons. The van der Waals surface area contributed by atoms with E-state index in [0.29, 0.717) is 46.7 Å². The maximum atomic E-state index is 13.0. The molecule has 0 bridgehead atoms. The highest BCUT2D eigenvalue weighted by atomic mass is 17.2. The summed E-state index contributed by atoms with van der Waals surface area (Å²) >= 11 is 0. The standard InChI is InChI=1S/C27H32N2O10/c1-13-6-18(31)16-7-15-8-21(39-36-12-20(33)24(35)23(34)19(32)11-30)27(2,3)38-25(15)22(26(16)37-13)29-9-14-4-5-28-17(14)10-29/h4-7,10,19-21,23-24,30,32-35H,8-9,11-12H2,1-3H3/p+1/t19-,20+,21-,23-,24-/m1/s1. The first-order valence-corrected chi connectivity index (χ1v) is 12.7. The third-order valence-electron chi connectivity index (χ3n) is 7.30. The molecule has 2 aromatic rings. The Morgan fingerprint density at radius 3 is 2.64 bits per heavy atom. The fourth-order valence-corrected chi connectivity index (χ4v) is 5.02. The monoisotopic (exact) mass is 545 g/mol. The molecule has 1 aromatic carbocycles. The Bertz CT molecular complexity index is 1410. The lowest BCUT2D eigenvalue weighted by Gasteiger charge is -2.39. The van der Waals surface area contributed by atoms with Crippen LogP contribution in [0.4, 0.5) is 5.69 Å². The van der Waals surface area contributed by atoms with E-state index in [0.717, 1.165) is 16.2 Å². The molecule has 0 fully saturated rings. The van der Waals surface area contributed by atoms with Gasteiger partial charge < -0.3 is 34.7 Å². The molecule has 5 rings (SSSR count). The van der Waals surface area contributed by atoms with E-state index in [1.165, 1.54) is 6.07 Å². The van der Waals surface area contributed by atoms with E-state index in [-0.39, 0.29) is 5.43 Å². The highest BCUT2D eigenvalue weighted by Crippen LogP contribution is 2.43. The molecule has 12 nitrogen and oxygen atoms in total. The maximum Gasteiger partial charge on any atom is 0.222 e. The van der Waals surface area contributed by atoms with Crippen LogP contribution in [0.1, 0.15) is 25.2 Å². The maximum absolute atomic E-state index is 13.0. The van der Waals surface area contributed by atoms with Crippen LogP contribution in [0, 0.1) is 6.92 Å². The van der Waals surface area contributed by atoms with Crippen molar-refractivity contribution in [2.75, 3.05) is 19.8 Å². The molecular weight excluding hydrogens is 512 g/mol. The zero-order valence-corrected chi connectivity index (χ0v) is 21.8. The largest absolute Gasteiger partial charge is 0.478 e. The Kier molecular flexibility index (Phi) is 7.48. The van der Waals surface area contributed by atoms with Crippen LogP contribution in [0.25, 0.3) is 11.0 Å². The van der Waals surface area contributed by atoms with Gasteiger partial charge in [-0.15, -0.1) is 0 Å². The fraction of sp³-hybridized carbons (Fsp3) is 0.481. The van der Waals surface area contributed by atoms with Crippen LogP contribution in [-0.2, 0) is 16.2 Å². The number of aliphatic imine (C=N–C) groups is 1. The third kappa shape index (κ3) is 5.17. The molecule has 39 heavy (non-hydrogen) atoms. The van der Waals surface area contributed by atoms with Crippen LogP contribution in [0.2, 0.25) is 0 Å². The molecule has 6 atom stereocenters. The number of hydrogen-bond donors (Lipinski definition) is 6. The first kappa shape index (κ1) is 27.6. The van der Waals surface area contributed by atoms with E-state index >= 15 is 0 Å². The molecule has 0 aliphatic carbocycles. The molecule has 1 aromatic heterocycles. The molecule has 12 heteroatoms. The summed E-state index contributed by atoms with van der Waals surface area (Å²) in [6.45, 7) is 4.66. The van der Waals surface area contributed by atoms with Crippen molar-refractivity contribution in [3.05, 3.63) is 57.2 Å². The van der Waals surface area contributed by atoms with Gasteiger partial charge in [-0.3, -0.25) is 14.7 Å². The number of rotatable bonds is 9. The van der Waals surface area contributed by atoms with Crippen molar-refractivity contribution >= 4 is 22.9 Å². The van der Waals surface area contributed by atoms with Crippen molar-refractivity contribution < 1.29 is 49.4 Å². The summed E-state index contributed by atoms with van der Waals surface area (Å²) in [5.41, 5.74) is 2.70. The number of hydrogen-bond acceptors (Lipinski definition) is 11. The number of quaternary nitrogens is 1. The number of aliphatic hydroxyl groups excluding tert-OH is 5. The molecule has 6 N–H and O–H groups in total. The van der Waals surface area contributed by atoms with Crippen LogP contribution < -0.4 is 15.1 Å². The highest BCUT2D eigenvalue weighted by molar-refractivity contribution is 5.90. The normalized spacial score (nSPS) is 24.4. The lowest BCUT2D eigenvalue weighted by atomic mass is 9.89. The molecule has 0 saturated heterocycles. The summed E-state index contributed by atoms with van der Waals surface area (Å²) < 4.78 is 12.6. The second-order valence-corrected chi connectivity index (χ2v) is 10.6. The molecule has 4 heterocycles. The van der Waals surface area contributed by atoms with Crippen LogP contribution in [0.3, 0.4) is 0 Å².